The Labute approximate surface area is 101 Å². The van der Waals surface area contributed by atoms with E-state index in [1.807, 2.05) is 0 Å². The average molecular weight is 230 g/mol. The van der Waals surface area contributed by atoms with Crippen LogP contribution < -0.4 is 11.1 Å². The molecule has 1 unspecified atom stereocenters. The summed E-state index contributed by atoms with van der Waals surface area (Å²) in [5.74, 6) is 1.23. The first-order valence-corrected chi connectivity index (χ1v) is 6.32. The zero-order valence-corrected chi connectivity index (χ0v) is 11.7. The molecule has 3 N–H and O–H groups in total. The third kappa shape index (κ3) is 7.20. The van der Waals surface area contributed by atoms with Crippen LogP contribution in [0.15, 0.2) is 0 Å². The van der Waals surface area contributed by atoms with Crippen molar-refractivity contribution in [3.8, 4) is 0 Å². The lowest BCUT2D eigenvalue weighted by Crippen LogP contribution is -2.37. The van der Waals surface area contributed by atoms with Gasteiger partial charge in [0.15, 0.2) is 0 Å². The van der Waals surface area contributed by atoms with Crippen LogP contribution in [-0.4, -0.2) is 33.4 Å². The van der Waals surface area contributed by atoms with Gasteiger partial charge in [-0.05, 0) is 36.8 Å². The first-order chi connectivity index (χ1) is 7.43. The van der Waals surface area contributed by atoms with Crippen LogP contribution in [0, 0.1) is 17.3 Å². The first-order valence-electron chi connectivity index (χ1n) is 6.32. The van der Waals surface area contributed by atoms with Gasteiger partial charge in [0.2, 0.25) is 0 Å². The maximum atomic E-state index is 5.74. The molecule has 3 nitrogen and oxygen atoms in total. The van der Waals surface area contributed by atoms with Crippen LogP contribution in [0.5, 0.6) is 0 Å². The van der Waals surface area contributed by atoms with Crippen molar-refractivity contribution < 1.29 is 4.74 Å². The van der Waals surface area contributed by atoms with Gasteiger partial charge in [0.05, 0.1) is 0 Å². The molecule has 3 heteroatoms. The fraction of sp³-hybridized carbons (Fsp3) is 1.00. The van der Waals surface area contributed by atoms with Crippen LogP contribution in [0.25, 0.3) is 0 Å². The molecule has 0 fully saturated rings. The van der Waals surface area contributed by atoms with Crippen molar-refractivity contribution in [3.63, 3.8) is 0 Å². The zero-order chi connectivity index (χ0) is 12.6. The van der Waals surface area contributed by atoms with Crippen molar-refractivity contribution in [3.05, 3.63) is 0 Å². The SMILES string of the molecule is COCCC(C)(C)CNCC(CN)C(C)C. The fourth-order valence-electron chi connectivity index (χ4n) is 1.65. The van der Waals surface area contributed by atoms with Gasteiger partial charge in [0, 0.05) is 20.3 Å². The Bertz CT molecular complexity index is 169. The van der Waals surface area contributed by atoms with Gasteiger partial charge in [-0.2, -0.15) is 0 Å². The molecule has 0 aliphatic carbocycles. The molecular formula is C13H30N2O. The van der Waals surface area contributed by atoms with Crippen LogP contribution in [0.4, 0.5) is 0 Å². The molecule has 0 saturated heterocycles. The van der Waals surface area contributed by atoms with Gasteiger partial charge in [-0.3, -0.25) is 0 Å². The lowest BCUT2D eigenvalue weighted by atomic mass is 9.89. The molecule has 0 aromatic carbocycles. The Morgan fingerprint density at radius 2 is 1.94 bits per heavy atom. The second kappa shape index (κ2) is 8.04. The van der Waals surface area contributed by atoms with E-state index in [4.69, 9.17) is 10.5 Å². The second-order valence-corrected chi connectivity index (χ2v) is 5.78. The van der Waals surface area contributed by atoms with Crippen LogP contribution in [0.2, 0.25) is 0 Å². The number of ether oxygens (including phenoxy) is 1. The predicted molar refractivity (Wildman–Crippen MR) is 70.5 cm³/mol. The van der Waals surface area contributed by atoms with Crippen LogP contribution in [0.3, 0.4) is 0 Å². The lowest BCUT2D eigenvalue weighted by Gasteiger charge is -2.27. The zero-order valence-electron chi connectivity index (χ0n) is 11.7. The smallest absolute Gasteiger partial charge is 0.0467 e. The van der Waals surface area contributed by atoms with E-state index in [2.05, 4.69) is 33.0 Å². The quantitative estimate of drug-likeness (QED) is 0.636. The van der Waals surface area contributed by atoms with Gasteiger partial charge in [-0.25, -0.2) is 0 Å². The van der Waals surface area contributed by atoms with Crippen LogP contribution in [0.1, 0.15) is 34.1 Å². The monoisotopic (exact) mass is 230 g/mol. The Kier molecular flexibility index (Phi) is 7.98. The molecule has 0 aliphatic heterocycles. The molecule has 0 rings (SSSR count). The molecule has 0 aromatic rings. The summed E-state index contributed by atoms with van der Waals surface area (Å²) < 4.78 is 5.12. The summed E-state index contributed by atoms with van der Waals surface area (Å²) in [7, 11) is 1.76. The molecule has 0 amide bonds. The highest BCUT2D eigenvalue weighted by Gasteiger charge is 2.18. The first kappa shape index (κ1) is 15.9. The normalized spacial score (nSPS) is 14.4. The molecule has 16 heavy (non-hydrogen) atoms. The molecule has 0 saturated carbocycles. The molecule has 0 heterocycles. The third-order valence-electron chi connectivity index (χ3n) is 3.24. The van der Waals surface area contributed by atoms with Gasteiger partial charge in [-0.15, -0.1) is 0 Å². The predicted octanol–water partition coefficient (Wildman–Crippen LogP) is 1.87. The largest absolute Gasteiger partial charge is 0.385 e. The summed E-state index contributed by atoms with van der Waals surface area (Å²) in [5.41, 5.74) is 6.04. The maximum absolute atomic E-state index is 5.74. The van der Waals surface area contributed by atoms with Gasteiger partial charge < -0.3 is 15.8 Å². The average Bonchev–Trinajstić information content (AvgIpc) is 2.21. The summed E-state index contributed by atoms with van der Waals surface area (Å²) in [6, 6.07) is 0. The highest BCUT2D eigenvalue weighted by Crippen LogP contribution is 2.19. The summed E-state index contributed by atoms with van der Waals surface area (Å²) in [6.07, 6.45) is 1.09. The van der Waals surface area contributed by atoms with Crippen LogP contribution >= 0.6 is 0 Å². The van der Waals surface area contributed by atoms with Crippen molar-refractivity contribution in [2.75, 3.05) is 33.4 Å². The fourth-order valence-corrected chi connectivity index (χ4v) is 1.65. The van der Waals surface area contributed by atoms with Gasteiger partial charge >= 0.3 is 0 Å². The van der Waals surface area contributed by atoms with E-state index < -0.39 is 0 Å². The molecule has 0 aromatic heterocycles. The lowest BCUT2D eigenvalue weighted by molar-refractivity contribution is 0.149. The Morgan fingerprint density at radius 3 is 2.38 bits per heavy atom. The van der Waals surface area contributed by atoms with E-state index in [1.165, 1.54) is 0 Å². The summed E-state index contributed by atoms with van der Waals surface area (Å²) in [5, 5.41) is 3.53. The minimum Gasteiger partial charge on any atom is -0.385 e. The summed E-state index contributed by atoms with van der Waals surface area (Å²) >= 11 is 0. The number of nitrogens with one attached hydrogen (secondary N) is 1. The Balaban J connectivity index is 3.78. The Hall–Kier alpha value is -0.120. The van der Waals surface area contributed by atoms with Crippen molar-refractivity contribution in [1.82, 2.24) is 5.32 Å². The molecule has 0 spiro atoms. The van der Waals surface area contributed by atoms with Gasteiger partial charge in [-0.1, -0.05) is 27.7 Å². The second-order valence-electron chi connectivity index (χ2n) is 5.78. The number of hydrogen-bond acceptors (Lipinski definition) is 3. The number of hydrogen-bond donors (Lipinski definition) is 2. The molecule has 0 aliphatic rings. The van der Waals surface area contributed by atoms with E-state index in [9.17, 15) is 0 Å². The van der Waals surface area contributed by atoms with E-state index in [1.54, 1.807) is 7.11 Å². The van der Waals surface area contributed by atoms with E-state index in [0.717, 1.165) is 32.7 Å². The maximum Gasteiger partial charge on any atom is 0.0467 e. The van der Waals surface area contributed by atoms with Crippen molar-refractivity contribution in [2.24, 2.45) is 23.0 Å². The molecule has 1 atom stereocenters. The summed E-state index contributed by atoms with van der Waals surface area (Å²) in [6.45, 7) is 12.6. The highest BCUT2D eigenvalue weighted by molar-refractivity contribution is 4.74. The minimum absolute atomic E-state index is 0.298. The topological polar surface area (TPSA) is 47.3 Å². The Morgan fingerprint density at radius 1 is 1.31 bits per heavy atom. The van der Waals surface area contributed by atoms with Crippen molar-refractivity contribution in [2.45, 2.75) is 34.1 Å². The van der Waals surface area contributed by atoms with Crippen LogP contribution in [-0.2, 0) is 4.74 Å². The number of rotatable bonds is 9. The molecule has 98 valence electrons. The molecule has 0 bridgehead atoms. The number of nitrogens with two attached hydrogens (primary N) is 1. The van der Waals surface area contributed by atoms with Crippen molar-refractivity contribution in [1.29, 1.82) is 0 Å². The van der Waals surface area contributed by atoms with Gasteiger partial charge in [0.1, 0.15) is 0 Å². The highest BCUT2D eigenvalue weighted by atomic mass is 16.5. The molecule has 0 radical (unpaired) electrons. The number of methoxy groups -OCH3 is 1. The van der Waals surface area contributed by atoms with E-state index >= 15 is 0 Å². The van der Waals surface area contributed by atoms with E-state index in [0.29, 0.717) is 17.3 Å². The molecular weight excluding hydrogens is 200 g/mol. The summed E-state index contributed by atoms with van der Waals surface area (Å²) in [4.78, 5) is 0. The minimum atomic E-state index is 0.298. The van der Waals surface area contributed by atoms with Gasteiger partial charge in [0.25, 0.3) is 0 Å². The standard InChI is InChI=1S/C13H30N2O/c1-11(2)12(8-14)9-15-10-13(3,4)6-7-16-5/h11-12,15H,6-10,14H2,1-5H3. The van der Waals surface area contributed by atoms with E-state index in [-0.39, 0.29) is 0 Å². The van der Waals surface area contributed by atoms with Crippen molar-refractivity contribution >= 4 is 0 Å². The third-order valence-corrected chi connectivity index (χ3v) is 3.24.